The lowest BCUT2D eigenvalue weighted by molar-refractivity contribution is 0.171. The molecule has 0 unspecified atom stereocenters. The van der Waals surface area contributed by atoms with Gasteiger partial charge in [0.1, 0.15) is 5.82 Å². The van der Waals surface area contributed by atoms with Crippen molar-refractivity contribution in [2.75, 3.05) is 44.0 Å². The molecule has 1 aliphatic rings. The lowest BCUT2D eigenvalue weighted by Gasteiger charge is -2.38. The van der Waals surface area contributed by atoms with E-state index in [1.54, 1.807) is 0 Å². The Labute approximate surface area is 140 Å². The number of piperidine rings is 1. The van der Waals surface area contributed by atoms with Gasteiger partial charge in [-0.15, -0.1) is 0 Å². The summed E-state index contributed by atoms with van der Waals surface area (Å²) in [5.74, 6) is 2.71. The van der Waals surface area contributed by atoms with E-state index in [1.807, 2.05) is 19.0 Å². The molecule has 6 heteroatoms. The number of anilines is 2. The van der Waals surface area contributed by atoms with Crippen molar-refractivity contribution in [3.63, 3.8) is 0 Å². The quantitative estimate of drug-likeness (QED) is 0.830. The molecule has 0 bridgehead atoms. The monoisotopic (exact) mass is 320 g/mol. The number of aromatic nitrogens is 3. The minimum absolute atomic E-state index is 0.298. The van der Waals surface area contributed by atoms with Crippen molar-refractivity contribution < 1.29 is 0 Å². The zero-order valence-electron chi connectivity index (χ0n) is 15.7. The fourth-order valence-electron chi connectivity index (χ4n) is 2.94. The second kappa shape index (κ2) is 7.43. The molecule has 0 aliphatic carbocycles. The van der Waals surface area contributed by atoms with Crippen LogP contribution in [0.2, 0.25) is 0 Å². The van der Waals surface area contributed by atoms with Crippen LogP contribution in [0.15, 0.2) is 0 Å². The van der Waals surface area contributed by atoms with Crippen molar-refractivity contribution >= 4 is 11.9 Å². The Morgan fingerprint density at radius 3 is 1.96 bits per heavy atom. The number of nitrogens with zero attached hydrogens (tertiary/aromatic N) is 6. The normalized spacial score (nSPS) is 17.1. The summed E-state index contributed by atoms with van der Waals surface area (Å²) in [5.41, 5.74) is 0. The highest BCUT2D eigenvalue weighted by atomic mass is 15.3. The molecular formula is C17H32N6. The second-order valence-corrected chi connectivity index (χ2v) is 7.31. The van der Waals surface area contributed by atoms with Crippen molar-refractivity contribution in [1.29, 1.82) is 0 Å². The Bertz CT molecular complexity index is 480. The molecule has 0 spiro atoms. The lowest BCUT2D eigenvalue weighted by Crippen LogP contribution is -2.46. The SMILES string of the molecule is CC(C)c1nc(N(C)C)nc(N(C)C2CCN(C(C)C)CC2)n1. The predicted octanol–water partition coefficient (Wildman–Crippen LogP) is 2.37. The molecular weight excluding hydrogens is 288 g/mol. The van der Waals surface area contributed by atoms with Gasteiger partial charge < -0.3 is 14.7 Å². The Balaban J connectivity index is 2.17. The number of likely N-dealkylation sites (tertiary alicyclic amines) is 1. The predicted molar refractivity (Wildman–Crippen MR) is 96.4 cm³/mol. The summed E-state index contributed by atoms with van der Waals surface area (Å²) in [7, 11) is 6.07. The fourth-order valence-corrected chi connectivity index (χ4v) is 2.94. The summed E-state index contributed by atoms with van der Waals surface area (Å²) >= 11 is 0. The van der Waals surface area contributed by atoms with Crippen LogP contribution in [0.1, 0.15) is 52.3 Å². The highest BCUT2D eigenvalue weighted by Crippen LogP contribution is 2.23. The third-order valence-corrected chi connectivity index (χ3v) is 4.64. The van der Waals surface area contributed by atoms with E-state index in [1.165, 1.54) is 0 Å². The molecule has 1 aliphatic heterocycles. The van der Waals surface area contributed by atoms with Crippen LogP contribution in [0.4, 0.5) is 11.9 Å². The summed E-state index contributed by atoms with van der Waals surface area (Å²) in [6, 6.07) is 1.13. The van der Waals surface area contributed by atoms with Crippen LogP contribution >= 0.6 is 0 Å². The van der Waals surface area contributed by atoms with Gasteiger partial charge in [-0.3, -0.25) is 0 Å². The van der Waals surface area contributed by atoms with Crippen LogP contribution in [-0.4, -0.2) is 66.2 Å². The fraction of sp³-hybridized carbons (Fsp3) is 0.824. The first-order valence-corrected chi connectivity index (χ1v) is 8.69. The highest BCUT2D eigenvalue weighted by Gasteiger charge is 2.26. The molecule has 0 atom stereocenters. The Hall–Kier alpha value is -1.43. The van der Waals surface area contributed by atoms with Crippen LogP contribution in [0.25, 0.3) is 0 Å². The maximum absolute atomic E-state index is 4.71. The van der Waals surface area contributed by atoms with E-state index in [-0.39, 0.29) is 0 Å². The van der Waals surface area contributed by atoms with Gasteiger partial charge in [0.2, 0.25) is 11.9 Å². The standard InChI is InChI=1S/C17H32N6/c1-12(2)15-18-16(21(5)6)20-17(19-15)22(7)14-8-10-23(11-9-14)13(3)4/h12-14H,8-11H2,1-7H3. The van der Waals surface area contributed by atoms with E-state index in [4.69, 9.17) is 4.98 Å². The van der Waals surface area contributed by atoms with E-state index >= 15 is 0 Å². The lowest BCUT2D eigenvalue weighted by atomic mass is 10.0. The van der Waals surface area contributed by atoms with Crippen molar-refractivity contribution in [2.24, 2.45) is 0 Å². The summed E-state index contributed by atoms with van der Waals surface area (Å²) in [6.45, 7) is 11.1. The van der Waals surface area contributed by atoms with Gasteiger partial charge >= 0.3 is 0 Å². The number of hydrogen-bond donors (Lipinski definition) is 0. The van der Waals surface area contributed by atoms with Gasteiger partial charge in [-0.2, -0.15) is 15.0 Å². The van der Waals surface area contributed by atoms with Gasteiger partial charge in [0.25, 0.3) is 0 Å². The average Bonchev–Trinajstić information content (AvgIpc) is 2.53. The second-order valence-electron chi connectivity index (χ2n) is 7.31. The van der Waals surface area contributed by atoms with E-state index < -0.39 is 0 Å². The van der Waals surface area contributed by atoms with E-state index in [0.717, 1.165) is 43.7 Å². The third kappa shape index (κ3) is 4.31. The topological polar surface area (TPSA) is 48.4 Å². The van der Waals surface area contributed by atoms with Crippen LogP contribution in [0.5, 0.6) is 0 Å². The first-order valence-electron chi connectivity index (χ1n) is 8.69. The van der Waals surface area contributed by atoms with Crippen LogP contribution < -0.4 is 9.80 Å². The number of hydrogen-bond acceptors (Lipinski definition) is 6. The molecule has 0 amide bonds. The molecule has 23 heavy (non-hydrogen) atoms. The molecule has 130 valence electrons. The largest absolute Gasteiger partial charge is 0.347 e. The summed E-state index contributed by atoms with van der Waals surface area (Å²) in [6.07, 6.45) is 2.32. The first kappa shape index (κ1) is 17.9. The van der Waals surface area contributed by atoms with Crippen molar-refractivity contribution in [1.82, 2.24) is 19.9 Å². The van der Waals surface area contributed by atoms with E-state index in [0.29, 0.717) is 18.0 Å². The van der Waals surface area contributed by atoms with Crippen LogP contribution in [-0.2, 0) is 0 Å². The molecule has 0 radical (unpaired) electrons. The Morgan fingerprint density at radius 1 is 0.913 bits per heavy atom. The zero-order valence-corrected chi connectivity index (χ0v) is 15.7. The van der Waals surface area contributed by atoms with Crippen molar-refractivity contribution in [3.8, 4) is 0 Å². The number of rotatable bonds is 5. The minimum atomic E-state index is 0.298. The molecule has 0 aromatic carbocycles. The van der Waals surface area contributed by atoms with Crippen LogP contribution in [0.3, 0.4) is 0 Å². The zero-order chi connectivity index (χ0) is 17.1. The molecule has 1 saturated heterocycles. The van der Waals surface area contributed by atoms with Gasteiger partial charge in [0.05, 0.1) is 0 Å². The average molecular weight is 320 g/mol. The van der Waals surface area contributed by atoms with Crippen molar-refractivity contribution in [2.45, 2.75) is 58.5 Å². The summed E-state index contributed by atoms with van der Waals surface area (Å²) in [5, 5.41) is 0. The molecule has 6 nitrogen and oxygen atoms in total. The van der Waals surface area contributed by atoms with Gasteiger partial charge in [-0.25, -0.2) is 0 Å². The first-order chi connectivity index (χ1) is 10.8. The maximum atomic E-state index is 4.71. The molecule has 0 saturated carbocycles. The Morgan fingerprint density at radius 2 is 1.48 bits per heavy atom. The molecule has 1 aromatic rings. The van der Waals surface area contributed by atoms with Gasteiger partial charge in [-0.05, 0) is 26.7 Å². The van der Waals surface area contributed by atoms with Gasteiger partial charge in [-0.1, -0.05) is 13.8 Å². The Kier molecular flexibility index (Phi) is 5.79. The summed E-state index contributed by atoms with van der Waals surface area (Å²) < 4.78 is 0. The van der Waals surface area contributed by atoms with Gasteiger partial charge in [0, 0.05) is 52.2 Å². The molecule has 2 heterocycles. The third-order valence-electron chi connectivity index (χ3n) is 4.64. The minimum Gasteiger partial charge on any atom is -0.347 e. The highest BCUT2D eigenvalue weighted by molar-refractivity contribution is 5.39. The van der Waals surface area contributed by atoms with Gasteiger partial charge in [0.15, 0.2) is 0 Å². The van der Waals surface area contributed by atoms with Crippen LogP contribution in [0, 0.1) is 0 Å². The van der Waals surface area contributed by atoms with E-state index in [9.17, 15) is 0 Å². The summed E-state index contributed by atoms with van der Waals surface area (Å²) in [4.78, 5) is 20.7. The molecule has 0 N–H and O–H groups in total. The molecule has 1 fully saturated rings. The molecule has 2 rings (SSSR count). The molecule has 1 aromatic heterocycles. The van der Waals surface area contributed by atoms with Crippen molar-refractivity contribution in [3.05, 3.63) is 5.82 Å². The smallest absolute Gasteiger partial charge is 0.230 e. The maximum Gasteiger partial charge on any atom is 0.230 e. The van der Waals surface area contributed by atoms with E-state index in [2.05, 4.69) is 54.5 Å².